The molecule has 0 spiro atoms. The number of pyridine rings is 1. The van der Waals surface area contributed by atoms with E-state index in [1.807, 2.05) is 0 Å². The Hall–Kier alpha value is -4.01. The highest BCUT2D eigenvalue weighted by molar-refractivity contribution is 6.00. The van der Waals surface area contributed by atoms with E-state index in [2.05, 4.69) is 15.2 Å². The Balaban J connectivity index is 1.54. The number of rotatable bonds is 7. The van der Waals surface area contributed by atoms with Crippen molar-refractivity contribution in [2.24, 2.45) is 0 Å². The van der Waals surface area contributed by atoms with Crippen LogP contribution in [0.1, 0.15) is 28.8 Å². The van der Waals surface area contributed by atoms with Gasteiger partial charge in [0.15, 0.2) is 0 Å². The van der Waals surface area contributed by atoms with Crippen LogP contribution in [0.2, 0.25) is 0 Å². The molecule has 32 heavy (non-hydrogen) atoms. The normalized spacial score (nSPS) is 13.1. The molecule has 1 saturated heterocycles. The summed E-state index contributed by atoms with van der Waals surface area (Å²) in [6.07, 6.45) is 3.55. The van der Waals surface area contributed by atoms with Crippen molar-refractivity contribution in [3.8, 4) is 11.6 Å². The molecular formula is C23H21FN4O4. The van der Waals surface area contributed by atoms with E-state index in [9.17, 15) is 19.3 Å². The highest BCUT2D eigenvalue weighted by atomic mass is 19.1. The van der Waals surface area contributed by atoms with E-state index in [1.165, 1.54) is 36.5 Å². The Morgan fingerprint density at radius 1 is 1.16 bits per heavy atom. The standard InChI is InChI=1S/C23H21FN4O4/c24-17-6-3-7-19(13-17)32-23-16(5-4-10-25-23)15-26-22(29)20-14-18(28(30)31)8-9-21(20)27-11-1-2-12-27/h3-10,13-14H,1-2,11-12,15H2,(H,26,29). The van der Waals surface area contributed by atoms with E-state index in [0.717, 1.165) is 25.9 Å². The summed E-state index contributed by atoms with van der Waals surface area (Å²) in [4.78, 5) is 30.0. The first kappa shape index (κ1) is 21.2. The van der Waals surface area contributed by atoms with E-state index in [4.69, 9.17) is 4.74 Å². The number of carbonyl (C=O) groups excluding carboxylic acids is 1. The monoisotopic (exact) mass is 436 g/mol. The predicted octanol–water partition coefficient (Wildman–Crippen LogP) is 4.45. The van der Waals surface area contributed by atoms with Crippen LogP contribution in [0.4, 0.5) is 15.8 Å². The predicted molar refractivity (Wildman–Crippen MR) is 116 cm³/mol. The smallest absolute Gasteiger partial charge is 0.270 e. The van der Waals surface area contributed by atoms with Gasteiger partial charge >= 0.3 is 0 Å². The summed E-state index contributed by atoms with van der Waals surface area (Å²) < 4.78 is 19.1. The number of hydrogen-bond donors (Lipinski definition) is 1. The molecule has 4 rings (SSSR count). The van der Waals surface area contributed by atoms with Crippen LogP contribution in [0.5, 0.6) is 11.6 Å². The maximum absolute atomic E-state index is 13.5. The van der Waals surface area contributed by atoms with E-state index < -0.39 is 16.6 Å². The molecular weight excluding hydrogens is 415 g/mol. The number of benzene rings is 2. The van der Waals surface area contributed by atoms with E-state index in [1.54, 1.807) is 24.3 Å². The van der Waals surface area contributed by atoms with Gasteiger partial charge in [0.25, 0.3) is 11.6 Å². The number of anilines is 1. The average molecular weight is 436 g/mol. The fraction of sp³-hybridized carbons (Fsp3) is 0.217. The minimum absolute atomic E-state index is 0.0828. The highest BCUT2D eigenvalue weighted by Gasteiger charge is 2.22. The van der Waals surface area contributed by atoms with Crippen LogP contribution in [0.25, 0.3) is 0 Å². The number of nitrogens with zero attached hydrogens (tertiary/aromatic N) is 3. The Kier molecular flexibility index (Phi) is 6.25. The number of carbonyl (C=O) groups is 1. The Morgan fingerprint density at radius 2 is 1.97 bits per heavy atom. The second kappa shape index (κ2) is 9.42. The lowest BCUT2D eigenvalue weighted by Gasteiger charge is -2.21. The van der Waals surface area contributed by atoms with Gasteiger partial charge in [-0.05, 0) is 37.1 Å². The first-order valence-electron chi connectivity index (χ1n) is 10.2. The minimum Gasteiger partial charge on any atom is -0.439 e. The SMILES string of the molecule is O=C(NCc1cccnc1Oc1cccc(F)c1)c1cc([N+](=O)[O-])ccc1N1CCCC1. The summed E-state index contributed by atoms with van der Waals surface area (Å²) in [5.41, 5.74) is 1.36. The van der Waals surface area contributed by atoms with Gasteiger partial charge in [0, 0.05) is 49.6 Å². The maximum Gasteiger partial charge on any atom is 0.270 e. The molecule has 164 valence electrons. The van der Waals surface area contributed by atoms with Gasteiger partial charge in [0.2, 0.25) is 5.88 Å². The number of hydrogen-bond acceptors (Lipinski definition) is 6. The summed E-state index contributed by atoms with van der Waals surface area (Å²) >= 11 is 0. The Bertz CT molecular complexity index is 1150. The second-order valence-electron chi connectivity index (χ2n) is 7.36. The van der Waals surface area contributed by atoms with Gasteiger partial charge in [0.1, 0.15) is 11.6 Å². The third-order valence-electron chi connectivity index (χ3n) is 5.18. The Labute approximate surface area is 183 Å². The number of non-ortho nitro benzene ring substituents is 1. The van der Waals surface area contributed by atoms with Crippen LogP contribution in [0.15, 0.2) is 60.8 Å². The summed E-state index contributed by atoms with van der Waals surface area (Å²) in [5, 5.41) is 14.0. The largest absolute Gasteiger partial charge is 0.439 e. The van der Waals surface area contributed by atoms with Gasteiger partial charge in [-0.1, -0.05) is 12.1 Å². The molecule has 1 aliphatic rings. The quantitative estimate of drug-likeness (QED) is 0.434. The summed E-state index contributed by atoms with van der Waals surface area (Å²) in [6.45, 7) is 1.68. The van der Waals surface area contributed by atoms with Gasteiger partial charge in [-0.2, -0.15) is 0 Å². The first-order chi connectivity index (χ1) is 15.5. The molecule has 0 atom stereocenters. The van der Waals surface area contributed by atoms with Crippen LogP contribution < -0.4 is 15.0 Å². The number of nitro groups is 1. The molecule has 0 radical (unpaired) electrons. The third-order valence-corrected chi connectivity index (χ3v) is 5.18. The highest BCUT2D eigenvalue weighted by Crippen LogP contribution is 2.29. The van der Waals surface area contributed by atoms with Crippen LogP contribution in [0, 0.1) is 15.9 Å². The second-order valence-corrected chi connectivity index (χ2v) is 7.36. The number of halogens is 1. The van der Waals surface area contributed by atoms with Gasteiger partial charge < -0.3 is 15.0 Å². The van der Waals surface area contributed by atoms with Crippen molar-refractivity contribution in [3.05, 3.63) is 87.9 Å². The number of aromatic nitrogens is 1. The third kappa shape index (κ3) is 4.83. The molecule has 8 nitrogen and oxygen atoms in total. The van der Waals surface area contributed by atoms with Gasteiger partial charge in [-0.3, -0.25) is 14.9 Å². The summed E-state index contributed by atoms with van der Waals surface area (Å²) in [6, 6.07) is 13.4. The first-order valence-corrected chi connectivity index (χ1v) is 10.2. The molecule has 2 aromatic carbocycles. The van der Waals surface area contributed by atoms with Crippen molar-refractivity contribution < 1.29 is 18.8 Å². The van der Waals surface area contributed by atoms with Gasteiger partial charge in [-0.15, -0.1) is 0 Å². The molecule has 1 amide bonds. The lowest BCUT2D eigenvalue weighted by molar-refractivity contribution is -0.384. The zero-order valence-corrected chi connectivity index (χ0v) is 17.2. The average Bonchev–Trinajstić information content (AvgIpc) is 3.33. The lowest BCUT2D eigenvalue weighted by Crippen LogP contribution is -2.27. The van der Waals surface area contributed by atoms with Crippen LogP contribution in [-0.2, 0) is 6.54 Å². The molecule has 1 aliphatic heterocycles. The van der Waals surface area contributed by atoms with E-state index in [-0.39, 0.29) is 29.4 Å². The van der Waals surface area contributed by atoms with Crippen molar-refractivity contribution in [2.75, 3.05) is 18.0 Å². The molecule has 9 heteroatoms. The van der Waals surface area contributed by atoms with Gasteiger partial charge in [0.05, 0.1) is 16.2 Å². The molecule has 0 saturated carbocycles. The van der Waals surface area contributed by atoms with Crippen LogP contribution >= 0.6 is 0 Å². The van der Waals surface area contributed by atoms with Crippen LogP contribution in [-0.4, -0.2) is 28.9 Å². The number of amides is 1. The summed E-state index contributed by atoms with van der Waals surface area (Å²) in [5.74, 6) is -0.354. The van der Waals surface area contributed by atoms with E-state index >= 15 is 0 Å². The molecule has 0 unspecified atom stereocenters. The molecule has 0 aliphatic carbocycles. The lowest BCUT2D eigenvalue weighted by atomic mass is 10.1. The molecule has 1 aromatic heterocycles. The zero-order valence-electron chi connectivity index (χ0n) is 17.2. The fourth-order valence-electron chi connectivity index (χ4n) is 3.62. The van der Waals surface area contributed by atoms with Crippen molar-refractivity contribution in [1.29, 1.82) is 0 Å². The minimum atomic E-state index is -0.517. The number of ether oxygens (including phenoxy) is 1. The summed E-state index contributed by atoms with van der Waals surface area (Å²) in [7, 11) is 0. The van der Waals surface area contributed by atoms with Gasteiger partial charge in [-0.25, -0.2) is 9.37 Å². The van der Waals surface area contributed by atoms with Crippen molar-refractivity contribution >= 4 is 17.3 Å². The fourth-order valence-corrected chi connectivity index (χ4v) is 3.62. The number of nitro benzene ring substituents is 1. The van der Waals surface area contributed by atoms with E-state index in [0.29, 0.717) is 11.3 Å². The molecule has 3 aromatic rings. The van der Waals surface area contributed by atoms with Crippen molar-refractivity contribution in [1.82, 2.24) is 10.3 Å². The molecule has 0 bridgehead atoms. The Morgan fingerprint density at radius 3 is 2.72 bits per heavy atom. The van der Waals surface area contributed by atoms with Crippen LogP contribution in [0.3, 0.4) is 0 Å². The molecule has 1 N–H and O–H groups in total. The van der Waals surface area contributed by atoms with Crippen molar-refractivity contribution in [3.63, 3.8) is 0 Å². The zero-order chi connectivity index (χ0) is 22.5. The number of nitrogens with one attached hydrogen (secondary N) is 1. The molecule has 2 heterocycles. The van der Waals surface area contributed by atoms with Crippen molar-refractivity contribution in [2.45, 2.75) is 19.4 Å². The topological polar surface area (TPSA) is 97.6 Å². The maximum atomic E-state index is 13.5. The molecule has 1 fully saturated rings.